The summed E-state index contributed by atoms with van der Waals surface area (Å²) < 4.78 is 48.0. The summed E-state index contributed by atoms with van der Waals surface area (Å²) in [5.41, 5.74) is 0. The first-order chi connectivity index (χ1) is 4.52. The summed E-state index contributed by atoms with van der Waals surface area (Å²) in [6.07, 6.45) is -1.77. The van der Waals surface area contributed by atoms with Gasteiger partial charge in [0.1, 0.15) is 0 Å². The highest BCUT2D eigenvalue weighted by molar-refractivity contribution is 7.81. The Morgan fingerprint density at radius 2 is 2.10 bits per heavy atom. The Bertz CT molecular complexity index is 199. The van der Waals surface area contributed by atoms with Crippen molar-refractivity contribution < 1.29 is 25.9 Å². The van der Waals surface area contributed by atoms with Crippen molar-refractivity contribution in [3.05, 3.63) is 12.7 Å². The normalized spacial score (nSPS) is 14.6. The summed E-state index contributed by atoms with van der Waals surface area (Å²) >= 11 is 0. The monoisotopic (exact) mass is 174 g/mol. The molecule has 0 N–H and O–H groups in total. The van der Waals surface area contributed by atoms with E-state index >= 15 is 0 Å². The first kappa shape index (κ1) is 9.47. The Morgan fingerprint density at radius 1 is 1.60 bits per heavy atom. The van der Waals surface area contributed by atoms with Crippen LogP contribution in [0.4, 0.5) is 8.92 Å². The molecular formula is C3H4F2O4S. The highest BCUT2D eigenvalue weighted by Crippen LogP contribution is 2.03. The largest absolute Gasteiger partial charge is 0.433 e. The number of hydrogen-bond acceptors (Lipinski definition) is 4. The Kier molecular flexibility index (Phi) is 3.40. The van der Waals surface area contributed by atoms with Crippen molar-refractivity contribution in [1.29, 1.82) is 0 Å². The first-order valence-electron chi connectivity index (χ1n) is 2.02. The van der Waals surface area contributed by atoms with E-state index < -0.39 is 16.8 Å². The summed E-state index contributed by atoms with van der Waals surface area (Å²) in [7, 11) is -4.84. The van der Waals surface area contributed by atoms with Gasteiger partial charge in [0.25, 0.3) is 0 Å². The van der Waals surface area contributed by atoms with Crippen molar-refractivity contribution in [2.75, 3.05) is 0 Å². The average molecular weight is 174 g/mol. The van der Waals surface area contributed by atoms with Gasteiger partial charge in [-0.05, 0) is 15.0 Å². The fourth-order valence-corrected chi connectivity index (χ4v) is 0.500. The van der Waals surface area contributed by atoms with Crippen molar-refractivity contribution in [3.63, 3.8) is 0 Å². The van der Waals surface area contributed by atoms with Gasteiger partial charge in [-0.15, -0.1) is 0 Å². The van der Waals surface area contributed by atoms with Crippen molar-refractivity contribution in [2.24, 2.45) is 0 Å². The van der Waals surface area contributed by atoms with Crippen LogP contribution in [-0.4, -0.2) is 14.8 Å². The maximum Gasteiger partial charge on any atom is 0.433 e. The molecule has 4 nitrogen and oxygen atoms in total. The van der Waals surface area contributed by atoms with Crippen molar-refractivity contribution >= 4 is 10.4 Å². The molecule has 0 saturated carbocycles. The van der Waals surface area contributed by atoms with Gasteiger partial charge in [0, 0.05) is 0 Å². The molecule has 0 amide bonds. The minimum absolute atomic E-state index is 0.524. The van der Waals surface area contributed by atoms with Crippen LogP contribution in [0.15, 0.2) is 12.7 Å². The minimum Gasteiger partial charge on any atom is -0.210 e. The van der Waals surface area contributed by atoms with Gasteiger partial charge in [0.05, 0.1) is 0 Å². The van der Waals surface area contributed by atoms with E-state index in [1.54, 1.807) is 0 Å². The quantitative estimate of drug-likeness (QED) is 0.586. The second-order valence-electron chi connectivity index (χ2n) is 1.15. The highest BCUT2D eigenvalue weighted by atomic mass is 32.3. The molecular weight excluding hydrogens is 170 g/mol. The van der Waals surface area contributed by atoms with E-state index in [4.69, 9.17) is 0 Å². The molecule has 7 heteroatoms. The van der Waals surface area contributed by atoms with E-state index in [1.807, 2.05) is 0 Å². The number of rotatable bonds is 4. The SMILES string of the molecule is C=CC(F)OS(=O)(=O)OF. The fourth-order valence-electron chi connectivity index (χ4n) is 0.167. The molecule has 60 valence electrons. The highest BCUT2D eigenvalue weighted by Gasteiger charge is 2.17. The van der Waals surface area contributed by atoms with Gasteiger partial charge in [0.2, 0.25) is 6.36 Å². The standard InChI is InChI=1S/C3H4F2O4S/c1-2-3(4)8-10(6,7)9-5/h2-3H,1H2. The second kappa shape index (κ2) is 3.59. The van der Waals surface area contributed by atoms with E-state index in [0.29, 0.717) is 6.08 Å². The third-order valence-corrected chi connectivity index (χ3v) is 1.05. The van der Waals surface area contributed by atoms with Crippen molar-refractivity contribution in [2.45, 2.75) is 6.36 Å². The topological polar surface area (TPSA) is 52.6 Å². The van der Waals surface area contributed by atoms with E-state index in [-0.39, 0.29) is 0 Å². The molecule has 1 unspecified atom stereocenters. The minimum atomic E-state index is -4.84. The van der Waals surface area contributed by atoms with Crippen LogP contribution >= 0.6 is 0 Å². The van der Waals surface area contributed by atoms with Crippen LogP contribution in [0.3, 0.4) is 0 Å². The third-order valence-electron chi connectivity index (χ3n) is 0.472. The molecule has 0 aromatic heterocycles. The zero-order chi connectivity index (χ0) is 8.20. The summed E-state index contributed by atoms with van der Waals surface area (Å²) in [6, 6.07) is 0. The lowest BCUT2D eigenvalue weighted by molar-refractivity contribution is -0.0327. The molecule has 1 atom stereocenters. The van der Waals surface area contributed by atoms with Crippen molar-refractivity contribution in [1.82, 2.24) is 0 Å². The van der Waals surface area contributed by atoms with Crippen LogP contribution in [-0.2, 0) is 19.0 Å². The molecule has 0 aromatic rings. The van der Waals surface area contributed by atoms with E-state index in [2.05, 4.69) is 15.1 Å². The molecule has 0 rings (SSSR count). The molecule has 10 heavy (non-hydrogen) atoms. The number of halogens is 2. The van der Waals surface area contributed by atoms with Crippen LogP contribution in [0.5, 0.6) is 0 Å². The van der Waals surface area contributed by atoms with Gasteiger partial charge < -0.3 is 0 Å². The van der Waals surface area contributed by atoms with Gasteiger partial charge in [-0.1, -0.05) is 6.58 Å². The summed E-state index contributed by atoms with van der Waals surface area (Å²) in [6.45, 7) is 2.84. The molecule has 0 spiro atoms. The lowest BCUT2D eigenvalue weighted by Crippen LogP contribution is -2.11. The van der Waals surface area contributed by atoms with E-state index in [0.717, 1.165) is 0 Å². The lowest BCUT2D eigenvalue weighted by atomic mass is 10.7. The zero-order valence-corrected chi connectivity index (χ0v) is 5.48. The average Bonchev–Trinajstić information content (AvgIpc) is 1.87. The molecule has 0 heterocycles. The van der Waals surface area contributed by atoms with Gasteiger partial charge in [-0.3, -0.25) is 0 Å². The van der Waals surface area contributed by atoms with Crippen LogP contribution in [0, 0.1) is 0 Å². The second-order valence-corrected chi connectivity index (χ2v) is 2.29. The van der Waals surface area contributed by atoms with Gasteiger partial charge in [-0.25, -0.2) is 8.57 Å². The van der Waals surface area contributed by atoms with Crippen molar-refractivity contribution in [3.8, 4) is 0 Å². The molecule has 0 aromatic carbocycles. The fraction of sp³-hybridized carbons (Fsp3) is 0.333. The number of alkyl halides is 1. The Hall–Kier alpha value is -0.530. The van der Waals surface area contributed by atoms with Gasteiger partial charge in [0.15, 0.2) is 0 Å². The van der Waals surface area contributed by atoms with Gasteiger partial charge >= 0.3 is 10.4 Å². The first-order valence-corrected chi connectivity index (χ1v) is 3.35. The summed E-state index contributed by atoms with van der Waals surface area (Å²) in [5.74, 6) is 0. The number of hydrogen-bond donors (Lipinski definition) is 0. The predicted molar refractivity (Wildman–Crippen MR) is 27.3 cm³/mol. The third kappa shape index (κ3) is 3.49. The summed E-state index contributed by atoms with van der Waals surface area (Å²) in [4.78, 5) is 0. The zero-order valence-electron chi connectivity index (χ0n) is 4.66. The summed E-state index contributed by atoms with van der Waals surface area (Å²) in [5, 5.41) is 0. The molecule has 0 aliphatic heterocycles. The van der Waals surface area contributed by atoms with Crippen LogP contribution in [0.2, 0.25) is 0 Å². The lowest BCUT2D eigenvalue weighted by Gasteiger charge is -1.99. The van der Waals surface area contributed by atoms with Crippen LogP contribution in [0.25, 0.3) is 0 Å². The molecule has 0 bridgehead atoms. The molecule has 0 aliphatic rings. The van der Waals surface area contributed by atoms with Crippen LogP contribution < -0.4 is 0 Å². The van der Waals surface area contributed by atoms with Gasteiger partial charge in [-0.2, -0.15) is 8.42 Å². The Morgan fingerprint density at radius 3 is 2.40 bits per heavy atom. The Balaban J connectivity index is 4.02. The molecule has 0 fully saturated rings. The maximum absolute atomic E-state index is 11.8. The Labute approximate surface area is 56.3 Å². The molecule has 0 aliphatic carbocycles. The maximum atomic E-state index is 11.8. The molecule has 0 saturated heterocycles. The predicted octanol–water partition coefficient (Wildman–Crippen LogP) is 0.631. The van der Waals surface area contributed by atoms with E-state index in [1.165, 1.54) is 0 Å². The van der Waals surface area contributed by atoms with Crippen LogP contribution in [0.1, 0.15) is 0 Å². The smallest absolute Gasteiger partial charge is 0.210 e. The molecule has 0 radical (unpaired) electrons. The van der Waals surface area contributed by atoms with E-state index in [9.17, 15) is 17.3 Å².